The van der Waals surface area contributed by atoms with Gasteiger partial charge in [0.25, 0.3) is 0 Å². The van der Waals surface area contributed by atoms with Crippen LogP contribution in [0.5, 0.6) is 0 Å². The van der Waals surface area contributed by atoms with Gasteiger partial charge in [0.15, 0.2) is 0 Å². The molecule has 4 nitrogen and oxygen atoms in total. The summed E-state index contributed by atoms with van der Waals surface area (Å²) in [4.78, 5) is 14.6. The Hall–Kier alpha value is -2.49. The molecule has 4 heteroatoms. The largest absolute Gasteiger partial charge is 0.372 e. The smallest absolute Gasteiger partial charge is 0.319 e. The average Bonchev–Trinajstić information content (AvgIpc) is 2.63. The lowest BCUT2D eigenvalue weighted by atomic mass is 9.98. The van der Waals surface area contributed by atoms with Crippen molar-refractivity contribution in [2.45, 2.75) is 32.7 Å². The zero-order chi connectivity index (χ0) is 17.6. The molecule has 0 saturated carbocycles. The number of anilines is 2. The van der Waals surface area contributed by atoms with E-state index in [1.807, 2.05) is 37.3 Å². The van der Waals surface area contributed by atoms with E-state index in [1.165, 1.54) is 18.5 Å². The summed E-state index contributed by atoms with van der Waals surface area (Å²) in [6.07, 6.45) is 2.53. The minimum absolute atomic E-state index is 0.0425. The van der Waals surface area contributed by atoms with Crippen LogP contribution in [0, 0.1) is 5.92 Å². The summed E-state index contributed by atoms with van der Waals surface area (Å²) in [5.74, 6) is 0.836. The van der Waals surface area contributed by atoms with Crippen LogP contribution in [-0.2, 0) is 0 Å². The Morgan fingerprint density at radius 2 is 1.68 bits per heavy atom. The molecule has 25 heavy (non-hydrogen) atoms. The van der Waals surface area contributed by atoms with Crippen LogP contribution in [0.25, 0.3) is 0 Å². The lowest BCUT2D eigenvalue weighted by molar-refractivity contribution is 0.249. The number of carbonyl (C=O) groups is 1. The molecule has 0 spiro atoms. The van der Waals surface area contributed by atoms with Crippen molar-refractivity contribution in [2.75, 3.05) is 23.3 Å². The molecule has 1 saturated heterocycles. The van der Waals surface area contributed by atoms with E-state index in [0.717, 1.165) is 30.3 Å². The molecule has 1 heterocycles. The van der Waals surface area contributed by atoms with Gasteiger partial charge in [0, 0.05) is 24.5 Å². The SMILES string of the molecule is CC1CCN(c2ccc([C@H](C)NC(=O)Nc3ccccc3)cc2)CC1. The zero-order valence-electron chi connectivity index (χ0n) is 15.0. The molecule has 2 aromatic rings. The van der Waals surface area contributed by atoms with Gasteiger partial charge in [-0.3, -0.25) is 0 Å². The van der Waals surface area contributed by atoms with E-state index >= 15 is 0 Å². The average molecular weight is 337 g/mol. The Morgan fingerprint density at radius 1 is 1.04 bits per heavy atom. The zero-order valence-corrected chi connectivity index (χ0v) is 15.0. The van der Waals surface area contributed by atoms with E-state index in [0.29, 0.717) is 0 Å². The molecule has 2 amide bonds. The molecule has 0 aromatic heterocycles. The first-order valence-electron chi connectivity index (χ1n) is 9.09. The lowest BCUT2D eigenvalue weighted by Crippen LogP contribution is -2.33. The maximum Gasteiger partial charge on any atom is 0.319 e. The van der Waals surface area contributed by atoms with Crippen LogP contribution < -0.4 is 15.5 Å². The predicted octanol–water partition coefficient (Wildman–Crippen LogP) is 4.81. The number of nitrogens with one attached hydrogen (secondary N) is 2. The highest BCUT2D eigenvalue weighted by Crippen LogP contribution is 2.24. The van der Waals surface area contributed by atoms with Gasteiger partial charge in [-0.1, -0.05) is 37.3 Å². The second-order valence-electron chi connectivity index (χ2n) is 6.95. The van der Waals surface area contributed by atoms with E-state index in [4.69, 9.17) is 0 Å². The lowest BCUT2D eigenvalue weighted by Gasteiger charge is -2.32. The van der Waals surface area contributed by atoms with E-state index in [1.54, 1.807) is 0 Å². The quantitative estimate of drug-likeness (QED) is 0.841. The number of hydrogen-bond acceptors (Lipinski definition) is 2. The highest BCUT2D eigenvalue weighted by atomic mass is 16.2. The van der Waals surface area contributed by atoms with Crippen LogP contribution in [-0.4, -0.2) is 19.1 Å². The van der Waals surface area contributed by atoms with Gasteiger partial charge in [0.1, 0.15) is 0 Å². The molecule has 2 N–H and O–H groups in total. The van der Waals surface area contributed by atoms with Crippen LogP contribution in [0.1, 0.15) is 38.3 Å². The highest BCUT2D eigenvalue weighted by Gasteiger charge is 2.16. The van der Waals surface area contributed by atoms with Crippen LogP contribution in [0.4, 0.5) is 16.2 Å². The molecule has 0 aliphatic carbocycles. The van der Waals surface area contributed by atoms with Crippen molar-refractivity contribution in [1.82, 2.24) is 5.32 Å². The minimum atomic E-state index is -0.187. The molecule has 0 radical (unpaired) electrons. The first kappa shape index (κ1) is 17.3. The van der Waals surface area contributed by atoms with Gasteiger partial charge < -0.3 is 15.5 Å². The maximum atomic E-state index is 12.1. The summed E-state index contributed by atoms with van der Waals surface area (Å²) in [7, 11) is 0. The number of benzene rings is 2. The normalized spacial score (nSPS) is 16.3. The van der Waals surface area contributed by atoms with Crippen molar-refractivity contribution in [2.24, 2.45) is 5.92 Å². The van der Waals surface area contributed by atoms with Crippen LogP contribution in [0.15, 0.2) is 54.6 Å². The van der Waals surface area contributed by atoms with Gasteiger partial charge in [-0.25, -0.2) is 4.79 Å². The van der Waals surface area contributed by atoms with Gasteiger partial charge >= 0.3 is 6.03 Å². The van der Waals surface area contributed by atoms with Gasteiger partial charge in [0.05, 0.1) is 6.04 Å². The number of rotatable bonds is 4. The fourth-order valence-corrected chi connectivity index (χ4v) is 3.21. The number of carbonyl (C=O) groups excluding carboxylic acids is 1. The first-order chi connectivity index (χ1) is 12.1. The van der Waals surface area contributed by atoms with Crippen molar-refractivity contribution in [1.29, 1.82) is 0 Å². The number of piperidine rings is 1. The summed E-state index contributed by atoms with van der Waals surface area (Å²) >= 11 is 0. The van der Waals surface area contributed by atoms with Gasteiger partial charge in [-0.2, -0.15) is 0 Å². The van der Waals surface area contributed by atoms with Gasteiger partial charge in [-0.05, 0) is 55.5 Å². The van der Waals surface area contributed by atoms with E-state index in [9.17, 15) is 4.79 Å². The van der Waals surface area contributed by atoms with Crippen molar-refractivity contribution < 1.29 is 4.79 Å². The third-order valence-corrected chi connectivity index (χ3v) is 4.92. The maximum absolute atomic E-state index is 12.1. The van der Waals surface area contributed by atoms with Crippen molar-refractivity contribution >= 4 is 17.4 Å². The third-order valence-electron chi connectivity index (χ3n) is 4.92. The second-order valence-corrected chi connectivity index (χ2v) is 6.95. The Labute approximate surface area is 150 Å². The number of hydrogen-bond donors (Lipinski definition) is 2. The topological polar surface area (TPSA) is 44.4 Å². The Kier molecular flexibility index (Phi) is 5.59. The van der Waals surface area contributed by atoms with Crippen molar-refractivity contribution in [3.8, 4) is 0 Å². The molecule has 1 atom stereocenters. The summed E-state index contributed by atoms with van der Waals surface area (Å²) in [5, 5.41) is 5.84. The number of amides is 2. The van der Waals surface area contributed by atoms with E-state index in [2.05, 4.69) is 46.7 Å². The first-order valence-corrected chi connectivity index (χ1v) is 9.09. The molecule has 1 fully saturated rings. The number of para-hydroxylation sites is 1. The third kappa shape index (κ3) is 4.75. The van der Waals surface area contributed by atoms with Crippen molar-refractivity contribution in [3.63, 3.8) is 0 Å². The van der Waals surface area contributed by atoms with E-state index in [-0.39, 0.29) is 12.1 Å². The van der Waals surface area contributed by atoms with E-state index < -0.39 is 0 Å². The number of nitrogens with zero attached hydrogens (tertiary/aromatic N) is 1. The molecular formula is C21H27N3O. The highest BCUT2D eigenvalue weighted by molar-refractivity contribution is 5.89. The van der Waals surface area contributed by atoms with Crippen LogP contribution >= 0.6 is 0 Å². The van der Waals surface area contributed by atoms with Crippen LogP contribution in [0.3, 0.4) is 0 Å². The minimum Gasteiger partial charge on any atom is -0.372 e. The molecule has 3 rings (SSSR count). The molecule has 132 valence electrons. The fraction of sp³-hybridized carbons (Fsp3) is 0.381. The Balaban J connectivity index is 1.55. The van der Waals surface area contributed by atoms with Gasteiger partial charge in [-0.15, -0.1) is 0 Å². The Bertz CT molecular complexity index is 676. The number of urea groups is 1. The molecule has 0 bridgehead atoms. The van der Waals surface area contributed by atoms with Crippen LogP contribution in [0.2, 0.25) is 0 Å². The fourth-order valence-electron chi connectivity index (χ4n) is 3.21. The molecule has 1 aliphatic heterocycles. The Morgan fingerprint density at radius 3 is 2.32 bits per heavy atom. The predicted molar refractivity (Wildman–Crippen MR) is 104 cm³/mol. The molecule has 0 unspecified atom stereocenters. The standard InChI is InChI=1S/C21H27N3O/c1-16-12-14-24(15-13-16)20-10-8-18(9-11-20)17(2)22-21(25)23-19-6-4-3-5-7-19/h3-11,16-17H,12-15H2,1-2H3,(H2,22,23,25)/t17-/m0/s1. The molecule has 2 aromatic carbocycles. The molecular weight excluding hydrogens is 310 g/mol. The molecule has 1 aliphatic rings. The van der Waals surface area contributed by atoms with Gasteiger partial charge in [0.2, 0.25) is 0 Å². The monoisotopic (exact) mass is 337 g/mol. The van der Waals surface area contributed by atoms with Crippen molar-refractivity contribution in [3.05, 3.63) is 60.2 Å². The summed E-state index contributed by atoms with van der Waals surface area (Å²) < 4.78 is 0. The second kappa shape index (κ2) is 8.06. The summed E-state index contributed by atoms with van der Waals surface area (Å²) in [6.45, 7) is 6.60. The summed E-state index contributed by atoms with van der Waals surface area (Å²) in [5.41, 5.74) is 3.18. The summed E-state index contributed by atoms with van der Waals surface area (Å²) in [6, 6.07) is 17.8.